The van der Waals surface area contributed by atoms with Crippen LogP contribution in [0.15, 0.2) is 24.3 Å². The molecule has 0 saturated carbocycles. The highest BCUT2D eigenvalue weighted by Crippen LogP contribution is 2.32. The number of rotatable bonds is 5. The predicted molar refractivity (Wildman–Crippen MR) is 78.0 cm³/mol. The summed E-state index contributed by atoms with van der Waals surface area (Å²) in [5.41, 5.74) is 1.28. The molecule has 1 fully saturated rings. The quantitative estimate of drug-likeness (QED) is 0.832. The fraction of sp³-hybridized carbons (Fsp3) is 0.562. The Hall–Kier alpha value is -1.55. The number of benzene rings is 1. The lowest BCUT2D eigenvalue weighted by Crippen LogP contribution is -2.32. The number of carbonyl (C=O) groups is 1. The van der Waals surface area contributed by atoms with Crippen molar-refractivity contribution >= 4 is 5.91 Å². The van der Waals surface area contributed by atoms with Gasteiger partial charge in [-0.25, -0.2) is 0 Å². The third-order valence-electron chi connectivity index (χ3n) is 4.16. The van der Waals surface area contributed by atoms with Crippen molar-refractivity contribution in [2.24, 2.45) is 0 Å². The molecule has 0 aliphatic carbocycles. The van der Waals surface area contributed by atoms with Crippen LogP contribution >= 0.6 is 0 Å². The number of nitrogens with zero attached hydrogens (tertiary/aromatic N) is 1. The van der Waals surface area contributed by atoms with Crippen molar-refractivity contribution < 1.29 is 9.53 Å². The summed E-state index contributed by atoms with van der Waals surface area (Å²) in [7, 11) is 0. The summed E-state index contributed by atoms with van der Waals surface area (Å²) in [6.45, 7) is 4.27. The molecule has 0 spiro atoms. The van der Waals surface area contributed by atoms with Crippen molar-refractivity contribution in [3.63, 3.8) is 0 Å². The second-order valence-corrected chi connectivity index (χ2v) is 5.59. The molecule has 108 valence electrons. The zero-order valence-corrected chi connectivity index (χ0v) is 11.8. The molecular weight excluding hydrogens is 252 g/mol. The van der Waals surface area contributed by atoms with Gasteiger partial charge in [-0.3, -0.25) is 4.79 Å². The van der Waals surface area contributed by atoms with Crippen molar-refractivity contribution in [3.05, 3.63) is 29.8 Å². The summed E-state index contributed by atoms with van der Waals surface area (Å²) < 4.78 is 5.66. The van der Waals surface area contributed by atoms with Gasteiger partial charge in [-0.15, -0.1) is 0 Å². The zero-order chi connectivity index (χ0) is 13.8. The normalized spacial score (nSPS) is 20.8. The number of para-hydroxylation sites is 1. The van der Waals surface area contributed by atoms with E-state index in [-0.39, 0.29) is 5.91 Å². The van der Waals surface area contributed by atoms with Gasteiger partial charge in [0.05, 0.1) is 6.61 Å². The van der Waals surface area contributed by atoms with Gasteiger partial charge in [0.15, 0.2) is 0 Å². The molecule has 20 heavy (non-hydrogen) atoms. The van der Waals surface area contributed by atoms with Crippen molar-refractivity contribution in [2.45, 2.75) is 25.2 Å². The molecule has 1 aromatic rings. The van der Waals surface area contributed by atoms with Gasteiger partial charge in [0.25, 0.3) is 0 Å². The van der Waals surface area contributed by atoms with Crippen LogP contribution in [0.5, 0.6) is 5.75 Å². The van der Waals surface area contributed by atoms with Gasteiger partial charge in [0, 0.05) is 44.1 Å². The number of fused-ring (bicyclic) bond motifs is 1. The SMILES string of the molecule is O=C(CCNCC1COc2ccccc21)N1CCCC1. The average Bonchev–Trinajstić information content (AvgIpc) is 3.13. The molecule has 0 aromatic heterocycles. The van der Waals surface area contributed by atoms with Crippen molar-refractivity contribution in [1.82, 2.24) is 10.2 Å². The minimum absolute atomic E-state index is 0.290. The summed E-state index contributed by atoms with van der Waals surface area (Å²) in [6, 6.07) is 8.21. The standard InChI is InChI=1S/C16H22N2O2/c19-16(18-9-3-4-10-18)7-8-17-11-13-12-20-15-6-2-1-5-14(13)15/h1-2,5-6,13,17H,3-4,7-12H2. The third-order valence-corrected chi connectivity index (χ3v) is 4.16. The van der Waals surface area contributed by atoms with E-state index in [4.69, 9.17) is 4.74 Å². The van der Waals surface area contributed by atoms with E-state index in [1.807, 2.05) is 17.0 Å². The van der Waals surface area contributed by atoms with Crippen LogP contribution in [0.3, 0.4) is 0 Å². The molecular formula is C16H22N2O2. The molecule has 3 rings (SSSR count). The van der Waals surface area contributed by atoms with Gasteiger partial charge in [0.1, 0.15) is 5.75 Å². The molecule has 4 nitrogen and oxygen atoms in total. The maximum atomic E-state index is 11.9. The van der Waals surface area contributed by atoms with Crippen molar-refractivity contribution in [2.75, 3.05) is 32.8 Å². The van der Waals surface area contributed by atoms with Gasteiger partial charge in [-0.2, -0.15) is 0 Å². The molecule has 1 aromatic carbocycles. The lowest BCUT2D eigenvalue weighted by atomic mass is 10.0. The van der Waals surface area contributed by atoms with Crippen LogP contribution in [0.4, 0.5) is 0 Å². The van der Waals surface area contributed by atoms with E-state index in [0.717, 1.165) is 51.4 Å². The van der Waals surface area contributed by atoms with Crippen LogP contribution in [0.2, 0.25) is 0 Å². The summed E-state index contributed by atoms with van der Waals surface area (Å²) in [5.74, 6) is 1.71. The Labute approximate surface area is 120 Å². The molecule has 1 unspecified atom stereocenters. The van der Waals surface area contributed by atoms with E-state index in [1.54, 1.807) is 0 Å². The average molecular weight is 274 g/mol. The Morgan fingerprint density at radius 1 is 1.30 bits per heavy atom. The minimum Gasteiger partial charge on any atom is -0.493 e. The van der Waals surface area contributed by atoms with Gasteiger partial charge in [-0.1, -0.05) is 18.2 Å². The predicted octanol–water partition coefficient (Wildman–Crippen LogP) is 1.76. The topological polar surface area (TPSA) is 41.6 Å². The number of ether oxygens (including phenoxy) is 1. The number of amides is 1. The monoisotopic (exact) mass is 274 g/mol. The van der Waals surface area contributed by atoms with E-state index < -0.39 is 0 Å². The van der Waals surface area contributed by atoms with E-state index in [0.29, 0.717) is 12.3 Å². The lowest BCUT2D eigenvalue weighted by molar-refractivity contribution is -0.130. The Morgan fingerprint density at radius 3 is 2.95 bits per heavy atom. The second kappa shape index (κ2) is 6.27. The van der Waals surface area contributed by atoms with Crippen molar-refractivity contribution in [1.29, 1.82) is 0 Å². The molecule has 1 atom stereocenters. The van der Waals surface area contributed by atoms with E-state index in [2.05, 4.69) is 17.4 Å². The molecule has 4 heteroatoms. The smallest absolute Gasteiger partial charge is 0.223 e. The van der Waals surface area contributed by atoms with Crippen LogP contribution < -0.4 is 10.1 Å². The minimum atomic E-state index is 0.290. The van der Waals surface area contributed by atoms with E-state index in [9.17, 15) is 4.79 Å². The number of hydrogen-bond acceptors (Lipinski definition) is 3. The number of hydrogen-bond donors (Lipinski definition) is 1. The number of carbonyl (C=O) groups excluding carboxylic acids is 1. The van der Waals surface area contributed by atoms with Crippen LogP contribution in [0.25, 0.3) is 0 Å². The molecule has 0 bridgehead atoms. The maximum Gasteiger partial charge on any atom is 0.223 e. The van der Waals surface area contributed by atoms with Crippen LogP contribution in [0.1, 0.15) is 30.7 Å². The zero-order valence-electron chi connectivity index (χ0n) is 11.8. The summed E-state index contributed by atoms with van der Waals surface area (Å²) in [6.07, 6.45) is 2.93. The van der Waals surface area contributed by atoms with Crippen molar-refractivity contribution in [3.8, 4) is 5.75 Å². The van der Waals surface area contributed by atoms with Crippen LogP contribution in [0, 0.1) is 0 Å². The molecule has 1 amide bonds. The fourth-order valence-electron chi connectivity index (χ4n) is 2.99. The summed E-state index contributed by atoms with van der Waals surface area (Å²) >= 11 is 0. The molecule has 2 heterocycles. The van der Waals surface area contributed by atoms with Gasteiger partial charge in [0.2, 0.25) is 5.91 Å². The first kappa shape index (κ1) is 13.4. The van der Waals surface area contributed by atoms with Gasteiger partial charge >= 0.3 is 0 Å². The largest absolute Gasteiger partial charge is 0.493 e. The summed E-state index contributed by atoms with van der Waals surface area (Å²) in [5, 5.41) is 3.40. The maximum absolute atomic E-state index is 11.9. The first-order valence-corrected chi connectivity index (χ1v) is 7.55. The van der Waals surface area contributed by atoms with Gasteiger partial charge in [-0.05, 0) is 18.9 Å². The molecule has 2 aliphatic rings. The highest BCUT2D eigenvalue weighted by Gasteiger charge is 2.23. The second-order valence-electron chi connectivity index (χ2n) is 5.59. The Balaban J connectivity index is 1.39. The Kier molecular flexibility index (Phi) is 4.21. The van der Waals surface area contributed by atoms with Gasteiger partial charge < -0.3 is 15.0 Å². The third kappa shape index (κ3) is 2.96. The first-order valence-electron chi connectivity index (χ1n) is 7.55. The van der Waals surface area contributed by atoms with Crippen LogP contribution in [-0.2, 0) is 4.79 Å². The number of nitrogens with one attached hydrogen (secondary N) is 1. The number of likely N-dealkylation sites (tertiary alicyclic amines) is 1. The molecule has 2 aliphatic heterocycles. The fourth-order valence-corrected chi connectivity index (χ4v) is 2.99. The summed E-state index contributed by atoms with van der Waals surface area (Å²) in [4.78, 5) is 13.9. The van der Waals surface area contributed by atoms with E-state index in [1.165, 1.54) is 5.56 Å². The first-order chi connectivity index (χ1) is 9.84. The Morgan fingerprint density at radius 2 is 2.10 bits per heavy atom. The molecule has 0 radical (unpaired) electrons. The van der Waals surface area contributed by atoms with E-state index >= 15 is 0 Å². The molecule has 1 saturated heterocycles. The van der Waals surface area contributed by atoms with Crippen LogP contribution in [-0.4, -0.2) is 43.6 Å². The molecule has 1 N–H and O–H groups in total. The highest BCUT2D eigenvalue weighted by atomic mass is 16.5. The Bertz CT molecular complexity index is 469. The lowest BCUT2D eigenvalue weighted by Gasteiger charge is -2.16. The highest BCUT2D eigenvalue weighted by molar-refractivity contribution is 5.76.